The van der Waals surface area contributed by atoms with E-state index in [0.29, 0.717) is 41.5 Å². The lowest BCUT2D eigenvalue weighted by atomic mass is 9.95. The summed E-state index contributed by atoms with van der Waals surface area (Å²) < 4.78 is 22.5. The van der Waals surface area contributed by atoms with Crippen LogP contribution in [0.2, 0.25) is 0 Å². The molecule has 0 aliphatic heterocycles. The molecule has 0 radical (unpaired) electrons. The number of thiophene rings is 1. The van der Waals surface area contributed by atoms with Gasteiger partial charge in [-0.15, -0.1) is 0 Å². The number of ether oxygens (including phenoxy) is 4. The van der Waals surface area contributed by atoms with Crippen molar-refractivity contribution in [2.24, 2.45) is 0 Å². The van der Waals surface area contributed by atoms with Gasteiger partial charge < -0.3 is 23.8 Å². The molecule has 33 heavy (non-hydrogen) atoms. The largest absolute Gasteiger partial charge is 0.493 e. The van der Waals surface area contributed by atoms with Gasteiger partial charge in [-0.1, -0.05) is 12.1 Å². The van der Waals surface area contributed by atoms with Gasteiger partial charge in [-0.05, 0) is 57.8 Å². The lowest BCUT2D eigenvalue weighted by Crippen LogP contribution is -2.28. The first-order valence-electron chi connectivity index (χ1n) is 10.5. The third-order valence-electron chi connectivity index (χ3n) is 5.88. The van der Waals surface area contributed by atoms with Crippen molar-refractivity contribution in [1.29, 1.82) is 0 Å². The second-order valence-electron chi connectivity index (χ2n) is 7.68. The first kappa shape index (κ1) is 22.7. The van der Waals surface area contributed by atoms with Crippen LogP contribution in [0.25, 0.3) is 21.5 Å². The number of rotatable bonds is 8. The maximum atomic E-state index is 12.7. The zero-order valence-corrected chi connectivity index (χ0v) is 20.2. The highest BCUT2D eigenvalue weighted by Gasteiger charge is 2.19. The summed E-state index contributed by atoms with van der Waals surface area (Å²) in [5.41, 5.74) is 1.79. The Morgan fingerprint density at radius 2 is 1.61 bits per heavy atom. The molecule has 6 nitrogen and oxygen atoms in total. The van der Waals surface area contributed by atoms with Crippen molar-refractivity contribution in [2.45, 2.75) is 6.42 Å². The fourth-order valence-electron chi connectivity index (χ4n) is 4.14. The van der Waals surface area contributed by atoms with Gasteiger partial charge in [0.15, 0.2) is 23.0 Å². The summed E-state index contributed by atoms with van der Waals surface area (Å²) in [6.07, 6.45) is 0.669. The van der Waals surface area contributed by atoms with Crippen LogP contribution in [-0.4, -0.2) is 52.8 Å². The predicted molar refractivity (Wildman–Crippen MR) is 133 cm³/mol. The molecule has 4 rings (SSSR count). The lowest BCUT2D eigenvalue weighted by Gasteiger charge is -2.20. The Morgan fingerprint density at radius 3 is 2.24 bits per heavy atom. The van der Waals surface area contributed by atoms with Gasteiger partial charge in [0.1, 0.15) is 0 Å². The molecule has 1 amide bonds. The van der Waals surface area contributed by atoms with Crippen molar-refractivity contribution in [3.63, 3.8) is 0 Å². The van der Waals surface area contributed by atoms with Crippen molar-refractivity contribution < 1.29 is 23.7 Å². The molecular formula is C26H27NO5S. The van der Waals surface area contributed by atoms with Crippen LogP contribution in [0.3, 0.4) is 0 Å². The minimum atomic E-state index is 0.0170. The van der Waals surface area contributed by atoms with E-state index in [1.165, 1.54) is 11.3 Å². The summed E-state index contributed by atoms with van der Waals surface area (Å²) in [6.45, 7) is 0.573. The molecule has 0 atom stereocenters. The van der Waals surface area contributed by atoms with Crippen LogP contribution in [0.4, 0.5) is 0 Å². The molecule has 7 heteroatoms. The standard InChI is InChI=1S/C26H27NO5S/c1-27(26(28)18-9-11-33-15-18)10-8-17-13-23(31-4)25(32-5)24-19(17)7-6-16-12-21(29-2)22(30-3)14-20(16)24/h6-7,9,11-15H,8,10H2,1-5H3. The topological polar surface area (TPSA) is 57.2 Å². The molecule has 0 spiro atoms. The summed E-state index contributed by atoms with van der Waals surface area (Å²) >= 11 is 1.52. The summed E-state index contributed by atoms with van der Waals surface area (Å²) in [5, 5.41) is 7.75. The van der Waals surface area contributed by atoms with Crippen LogP contribution >= 0.6 is 11.3 Å². The number of hydrogen-bond donors (Lipinski definition) is 0. The van der Waals surface area contributed by atoms with Crippen molar-refractivity contribution in [1.82, 2.24) is 4.90 Å². The molecule has 172 valence electrons. The molecular weight excluding hydrogens is 438 g/mol. The molecule has 0 aliphatic carbocycles. The first-order chi connectivity index (χ1) is 16.0. The maximum Gasteiger partial charge on any atom is 0.254 e. The summed E-state index contributed by atoms with van der Waals surface area (Å²) in [5.74, 6) is 2.64. The van der Waals surface area contributed by atoms with Gasteiger partial charge in [0.05, 0.1) is 34.0 Å². The zero-order valence-electron chi connectivity index (χ0n) is 19.4. The number of carbonyl (C=O) groups excluding carboxylic acids is 1. The molecule has 3 aromatic carbocycles. The van der Waals surface area contributed by atoms with E-state index in [0.717, 1.165) is 27.1 Å². The minimum Gasteiger partial charge on any atom is -0.493 e. The number of fused-ring (bicyclic) bond motifs is 3. The van der Waals surface area contributed by atoms with Gasteiger partial charge in [-0.3, -0.25) is 4.79 Å². The number of benzene rings is 3. The molecule has 0 unspecified atom stereocenters. The number of nitrogens with zero attached hydrogens (tertiary/aromatic N) is 1. The van der Waals surface area contributed by atoms with E-state index in [1.807, 2.05) is 42.1 Å². The van der Waals surface area contributed by atoms with Crippen LogP contribution in [0.1, 0.15) is 15.9 Å². The van der Waals surface area contributed by atoms with Gasteiger partial charge in [0.25, 0.3) is 5.91 Å². The Bertz CT molecular complexity index is 1300. The highest BCUT2D eigenvalue weighted by molar-refractivity contribution is 7.08. The molecule has 4 aromatic rings. The average molecular weight is 466 g/mol. The summed E-state index contributed by atoms with van der Waals surface area (Å²) in [7, 11) is 8.35. The normalized spacial score (nSPS) is 10.9. The molecule has 0 saturated heterocycles. The minimum absolute atomic E-state index is 0.0170. The Balaban J connectivity index is 1.83. The summed E-state index contributed by atoms with van der Waals surface area (Å²) in [6, 6.07) is 11.9. The van der Waals surface area contributed by atoms with E-state index in [9.17, 15) is 4.79 Å². The van der Waals surface area contributed by atoms with E-state index >= 15 is 0 Å². The number of amides is 1. The number of carbonyl (C=O) groups is 1. The smallest absolute Gasteiger partial charge is 0.254 e. The van der Waals surface area contributed by atoms with Crippen molar-refractivity contribution in [3.8, 4) is 23.0 Å². The second-order valence-corrected chi connectivity index (χ2v) is 8.46. The second kappa shape index (κ2) is 9.58. The van der Waals surface area contributed by atoms with E-state index in [-0.39, 0.29) is 5.91 Å². The molecule has 0 fully saturated rings. The van der Waals surface area contributed by atoms with Gasteiger partial charge in [0.2, 0.25) is 0 Å². The van der Waals surface area contributed by atoms with Crippen molar-refractivity contribution in [3.05, 3.63) is 58.3 Å². The zero-order chi connectivity index (χ0) is 23.5. The van der Waals surface area contributed by atoms with Crippen LogP contribution in [0, 0.1) is 0 Å². The molecule has 1 heterocycles. The highest BCUT2D eigenvalue weighted by Crippen LogP contribution is 2.44. The van der Waals surface area contributed by atoms with Gasteiger partial charge in [0, 0.05) is 24.4 Å². The van der Waals surface area contributed by atoms with Gasteiger partial charge in [-0.25, -0.2) is 0 Å². The molecule has 0 aliphatic rings. The SMILES string of the molecule is COc1cc2ccc3c(CCN(C)C(=O)c4ccsc4)cc(OC)c(OC)c3c2cc1OC. The quantitative estimate of drug-likeness (QED) is 0.326. The monoisotopic (exact) mass is 465 g/mol. The summed E-state index contributed by atoms with van der Waals surface area (Å²) in [4.78, 5) is 14.4. The van der Waals surface area contributed by atoms with Gasteiger partial charge >= 0.3 is 0 Å². The Morgan fingerprint density at radius 1 is 0.879 bits per heavy atom. The van der Waals surface area contributed by atoms with E-state index in [1.54, 1.807) is 33.3 Å². The van der Waals surface area contributed by atoms with E-state index < -0.39 is 0 Å². The number of likely N-dealkylation sites (N-methyl/N-ethyl adjacent to an activating group) is 1. The third kappa shape index (κ3) is 4.16. The molecule has 0 bridgehead atoms. The highest BCUT2D eigenvalue weighted by atomic mass is 32.1. The number of hydrogen-bond acceptors (Lipinski definition) is 6. The average Bonchev–Trinajstić information content (AvgIpc) is 3.39. The van der Waals surface area contributed by atoms with E-state index in [4.69, 9.17) is 18.9 Å². The Kier molecular flexibility index (Phi) is 6.60. The van der Waals surface area contributed by atoms with Crippen LogP contribution in [-0.2, 0) is 6.42 Å². The predicted octanol–water partition coefficient (Wildman–Crippen LogP) is 5.40. The maximum absolute atomic E-state index is 12.7. The molecule has 0 N–H and O–H groups in total. The van der Waals surface area contributed by atoms with Crippen LogP contribution in [0.5, 0.6) is 23.0 Å². The van der Waals surface area contributed by atoms with Crippen molar-refractivity contribution in [2.75, 3.05) is 42.0 Å². The van der Waals surface area contributed by atoms with Gasteiger partial charge in [-0.2, -0.15) is 11.3 Å². The fourth-order valence-corrected chi connectivity index (χ4v) is 4.77. The third-order valence-corrected chi connectivity index (χ3v) is 6.56. The molecule has 1 aromatic heterocycles. The van der Waals surface area contributed by atoms with E-state index in [2.05, 4.69) is 12.1 Å². The number of methoxy groups -OCH3 is 4. The Labute approximate surface area is 197 Å². The van der Waals surface area contributed by atoms with Crippen molar-refractivity contribution >= 4 is 38.8 Å². The van der Waals surface area contributed by atoms with Crippen LogP contribution in [0.15, 0.2) is 47.2 Å². The Hall–Kier alpha value is -3.45. The van der Waals surface area contributed by atoms with Crippen LogP contribution < -0.4 is 18.9 Å². The first-order valence-corrected chi connectivity index (χ1v) is 11.5. The fraction of sp³-hybridized carbons (Fsp3) is 0.269. The molecule has 0 saturated carbocycles. The lowest BCUT2D eigenvalue weighted by molar-refractivity contribution is 0.0797.